The summed E-state index contributed by atoms with van der Waals surface area (Å²) in [7, 11) is 3.50. The summed E-state index contributed by atoms with van der Waals surface area (Å²) in [5, 5.41) is 7.50. The van der Waals surface area contributed by atoms with E-state index in [1.807, 2.05) is 10.9 Å². The van der Waals surface area contributed by atoms with E-state index in [9.17, 15) is 8.78 Å². The summed E-state index contributed by atoms with van der Waals surface area (Å²) in [6, 6.07) is 1.37. The predicted octanol–water partition coefficient (Wildman–Crippen LogP) is 3.48. The van der Waals surface area contributed by atoms with E-state index in [1.54, 1.807) is 13.1 Å². The summed E-state index contributed by atoms with van der Waals surface area (Å²) in [6.07, 6.45) is 7.98. The van der Waals surface area contributed by atoms with Crippen LogP contribution in [0.15, 0.2) is 30.9 Å². The number of ether oxygens (including phenoxy) is 2. The zero-order valence-electron chi connectivity index (χ0n) is 21.0. The van der Waals surface area contributed by atoms with E-state index in [2.05, 4.69) is 37.2 Å². The van der Waals surface area contributed by atoms with Crippen molar-refractivity contribution < 1.29 is 18.3 Å². The first kappa shape index (κ1) is 25.8. The Morgan fingerprint density at radius 1 is 1.03 bits per heavy atom. The summed E-state index contributed by atoms with van der Waals surface area (Å²) >= 11 is 0. The second-order valence-electron chi connectivity index (χ2n) is 8.84. The summed E-state index contributed by atoms with van der Waals surface area (Å²) in [5.41, 5.74) is 0.951. The highest BCUT2D eigenvalue weighted by Crippen LogP contribution is 2.28. The first-order valence-electron chi connectivity index (χ1n) is 12.2. The molecule has 9 nitrogen and oxygen atoms in total. The molecule has 1 fully saturated rings. The predicted molar refractivity (Wildman–Crippen MR) is 133 cm³/mol. The number of methoxy groups -OCH3 is 1. The lowest BCUT2D eigenvalue weighted by molar-refractivity contribution is 0.151. The van der Waals surface area contributed by atoms with Crippen LogP contribution in [0.5, 0.6) is 11.5 Å². The molecule has 1 saturated heterocycles. The van der Waals surface area contributed by atoms with Gasteiger partial charge in [0.05, 0.1) is 37.0 Å². The molecule has 0 radical (unpaired) electrons. The molecule has 1 aliphatic rings. The van der Waals surface area contributed by atoms with Crippen molar-refractivity contribution in [1.82, 2.24) is 29.5 Å². The van der Waals surface area contributed by atoms with Crippen LogP contribution in [0.25, 0.3) is 0 Å². The second-order valence-corrected chi connectivity index (χ2v) is 8.84. The van der Waals surface area contributed by atoms with Gasteiger partial charge in [-0.3, -0.25) is 4.68 Å². The minimum absolute atomic E-state index is 0.0116. The Morgan fingerprint density at radius 2 is 1.78 bits per heavy atom. The van der Waals surface area contributed by atoms with Crippen LogP contribution in [0.1, 0.15) is 24.5 Å². The molecule has 0 bridgehead atoms. The Kier molecular flexibility index (Phi) is 8.65. The third-order valence-corrected chi connectivity index (χ3v) is 6.29. The fraction of sp³-hybridized carbons (Fsp3) is 0.480. The average Bonchev–Trinajstić information content (AvgIpc) is 3.33. The van der Waals surface area contributed by atoms with Gasteiger partial charge in [0, 0.05) is 38.9 Å². The number of aromatic nitrogens is 4. The van der Waals surface area contributed by atoms with Gasteiger partial charge in [-0.05, 0) is 38.1 Å². The lowest BCUT2D eigenvalue weighted by Crippen LogP contribution is -2.44. The first-order chi connectivity index (χ1) is 17.5. The highest BCUT2D eigenvalue weighted by atomic mass is 19.1. The number of nitrogens with zero attached hydrogens (tertiary/aromatic N) is 6. The number of likely N-dealkylation sites (N-methyl/N-ethyl adjacent to an activating group) is 1. The number of rotatable bonds is 11. The van der Waals surface area contributed by atoms with E-state index in [1.165, 1.54) is 25.6 Å². The monoisotopic (exact) mass is 501 g/mol. The molecular formula is C25H33F2N7O2. The number of hydrogen-bond donors (Lipinski definition) is 1. The number of aryl methyl sites for hydroxylation is 2. The molecule has 0 atom stereocenters. The number of nitrogens with one attached hydrogen (secondary N) is 1. The fourth-order valence-corrected chi connectivity index (χ4v) is 4.07. The van der Waals surface area contributed by atoms with E-state index in [0.29, 0.717) is 23.7 Å². The van der Waals surface area contributed by atoms with Crippen molar-refractivity contribution in [3.63, 3.8) is 0 Å². The maximum absolute atomic E-state index is 14.6. The number of piperazine rings is 1. The molecule has 0 unspecified atom stereocenters. The molecule has 36 heavy (non-hydrogen) atoms. The van der Waals surface area contributed by atoms with Crippen LogP contribution in [-0.2, 0) is 19.6 Å². The van der Waals surface area contributed by atoms with E-state index in [4.69, 9.17) is 9.47 Å². The summed E-state index contributed by atoms with van der Waals surface area (Å²) in [5.74, 6) is -0.754. The van der Waals surface area contributed by atoms with E-state index < -0.39 is 11.6 Å². The van der Waals surface area contributed by atoms with Gasteiger partial charge >= 0.3 is 0 Å². The van der Waals surface area contributed by atoms with Gasteiger partial charge in [0.15, 0.2) is 17.3 Å². The van der Waals surface area contributed by atoms with E-state index in [0.717, 1.165) is 51.4 Å². The number of anilines is 2. The van der Waals surface area contributed by atoms with Gasteiger partial charge in [-0.1, -0.05) is 6.92 Å². The number of benzene rings is 1. The molecule has 0 aliphatic carbocycles. The molecule has 1 aliphatic heterocycles. The van der Waals surface area contributed by atoms with Crippen molar-refractivity contribution in [1.29, 1.82) is 0 Å². The van der Waals surface area contributed by atoms with Crippen LogP contribution in [0, 0.1) is 11.6 Å². The second kappa shape index (κ2) is 12.1. The normalized spacial score (nSPS) is 14.7. The van der Waals surface area contributed by atoms with Crippen molar-refractivity contribution >= 4 is 11.6 Å². The quantitative estimate of drug-likeness (QED) is 0.428. The lowest BCUT2D eigenvalue weighted by atomic mass is 10.1. The minimum Gasteiger partial charge on any atom is -0.494 e. The van der Waals surface area contributed by atoms with E-state index in [-0.39, 0.29) is 17.9 Å². The topological polar surface area (TPSA) is 80.6 Å². The largest absolute Gasteiger partial charge is 0.494 e. The fourth-order valence-electron chi connectivity index (χ4n) is 4.07. The average molecular weight is 502 g/mol. The van der Waals surface area contributed by atoms with Crippen molar-refractivity contribution in [2.24, 2.45) is 0 Å². The number of hydrogen-bond acceptors (Lipinski definition) is 8. The highest BCUT2D eigenvalue weighted by Gasteiger charge is 2.19. The van der Waals surface area contributed by atoms with Crippen LogP contribution in [-0.4, -0.2) is 76.4 Å². The molecule has 0 spiro atoms. The van der Waals surface area contributed by atoms with Crippen LogP contribution >= 0.6 is 0 Å². The number of halogens is 2. The van der Waals surface area contributed by atoms with Crippen LogP contribution < -0.4 is 14.8 Å². The van der Waals surface area contributed by atoms with Crippen LogP contribution in [0.4, 0.5) is 20.4 Å². The Balaban J connectivity index is 1.27. The highest BCUT2D eigenvalue weighted by molar-refractivity contribution is 5.50. The van der Waals surface area contributed by atoms with Crippen molar-refractivity contribution in [2.75, 3.05) is 52.2 Å². The molecule has 11 heteroatoms. The maximum Gasteiger partial charge on any atom is 0.227 e. The lowest BCUT2D eigenvalue weighted by Gasteiger charge is -2.32. The van der Waals surface area contributed by atoms with Gasteiger partial charge in [0.2, 0.25) is 5.95 Å². The van der Waals surface area contributed by atoms with Gasteiger partial charge in [0.25, 0.3) is 0 Å². The molecule has 1 aromatic carbocycles. The van der Waals surface area contributed by atoms with Crippen LogP contribution in [0.3, 0.4) is 0 Å². The van der Waals surface area contributed by atoms with Crippen molar-refractivity contribution in [3.05, 3.63) is 53.6 Å². The standard InChI is InChI=1S/C25H33F2N7O2/c1-4-18-12-22(35-3)24(27)21(23(18)26)17-36-20-14-28-25(29-15-20)31-19-13-30-34(16-19)7-5-6-33-10-8-32(2)9-11-33/h12-16H,4-11,17H2,1-3H3,(H,28,29,31). The zero-order chi connectivity index (χ0) is 25.5. The smallest absolute Gasteiger partial charge is 0.227 e. The van der Waals surface area contributed by atoms with Crippen LogP contribution in [0.2, 0.25) is 0 Å². The molecule has 3 heterocycles. The Hall–Kier alpha value is -3.31. The Morgan fingerprint density at radius 3 is 2.47 bits per heavy atom. The molecule has 2 aromatic heterocycles. The van der Waals surface area contributed by atoms with E-state index >= 15 is 0 Å². The summed E-state index contributed by atoms with van der Waals surface area (Å²) in [4.78, 5) is 13.3. The molecule has 1 N–H and O–H groups in total. The van der Waals surface area contributed by atoms with Crippen molar-refractivity contribution in [2.45, 2.75) is 32.9 Å². The molecule has 194 valence electrons. The summed E-state index contributed by atoms with van der Waals surface area (Å²) in [6.45, 7) is 7.84. The molecule has 0 amide bonds. The summed E-state index contributed by atoms with van der Waals surface area (Å²) < 4.78 is 41.6. The van der Waals surface area contributed by atoms with Gasteiger partial charge in [-0.2, -0.15) is 5.10 Å². The molecule has 3 aromatic rings. The first-order valence-corrected chi connectivity index (χ1v) is 12.2. The van der Waals surface area contributed by atoms with Crippen molar-refractivity contribution in [3.8, 4) is 11.5 Å². The maximum atomic E-state index is 14.6. The Bertz CT molecular complexity index is 1100. The van der Waals surface area contributed by atoms with Gasteiger partial charge in [-0.25, -0.2) is 18.7 Å². The zero-order valence-corrected chi connectivity index (χ0v) is 21.0. The molecular weight excluding hydrogens is 468 g/mol. The van der Waals surface area contributed by atoms with Gasteiger partial charge < -0.3 is 24.6 Å². The SMILES string of the molecule is CCc1cc(OC)c(F)c(COc2cnc(Nc3cnn(CCCN4CCN(C)CC4)c3)nc2)c1F. The molecule has 4 rings (SSSR count). The minimum atomic E-state index is -0.771. The van der Waals surface area contributed by atoms with Gasteiger partial charge in [0.1, 0.15) is 12.4 Å². The molecule has 0 saturated carbocycles. The third-order valence-electron chi connectivity index (χ3n) is 6.29. The Labute approximate surface area is 210 Å². The van der Waals surface area contributed by atoms with Gasteiger partial charge in [-0.15, -0.1) is 0 Å². The third kappa shape index (κ3) is 6.46.